The molecule has 61 heavy (non-hydrogen) atoms. The van der Waals surface area contributed by atoms with Crippen molar-refractivity contribution in [2.45, 2.75) is 90.7 Å². The van der Waals surface area contributed by atoms with Gasteiger partial charge in [-0.1, -0.05) is 60.7 Å². The van der Waals surface area contributed by atoms with Gasteiger partial charge in [-0.05, 0) is 98.5 Å². The van der Waals surface area contributed by atoms with E-state index in [0.717, 1.165) is 62.1 Å². The second-order valence-electron chi connectivity index (χ2n) is 16.2. The van der Waals surface area contributed by atoms with E-state index < -0.39 is 29.8 Å². The molecule has 2 aromatic heterocycles. The molecule has 1 aliphatic rings. The Kier molecular flexibility index (Phi) is 14.5. The predicted octanol–water partition coefficient (Wildman–Crippen LogP) is 8.75. The summed E-state index contributed by atoms with van der Waals surface area (Å²) in [7, 11) is 2.94. The number of rotatable bonds is 16. The summed E-state index contributed by atoms with van der Waals surface area (Å²) >= 11 is 0. The summed E-state index contributed by atoms with van der Waals surface area (Å²) in [6.07, 6.45) is 1.90. The number of pyridine rings is 1. The van der Waals surface area contributed by atoms with Crippen molar-refractivity contribution >= 4 is 35.0 Å². The Labute approximate surface area is 357 Å². The number of benzene rings is 3. The van der Waals surface area contributed by atoms with Crippen LogP contribution in [0.15, 0.2) is 91.1 Å². The maximum absolute atomic E-state index is 13.5. The lowest BCUT2D eigenvalue weighted by Gasteiger charge is -2.31. The van der Waals surface area contributed by atoms with Gasteiger partial charge in [-0.25, -0.2) is 14.4 Å². The molecule has 1 aliphatic heterocycles. The van der Waals surface area contributed by atoms with Crippen molar-refractivity contribution in [3.05, 3.63) is 114 Å². The number of carbonyl (C=O) groups is 4. The summed E-state index contributed by atoms with van der Waals surface area (Å²) in [6.45, 7) is 9.37. The van der Waals surface area contributed by atoms with Crippen molar-refractivity contribution < 1.29 is 43.2 Å². The maximum Gasteiger partial charge on any atom is 0.408 e. The maximum atomic E-state index is 13.5. The van der Waals surface area contributed by atoms with Crippen LogP contribution in [0.5, 0.6) is 0 Å². The van der Waals surface area contributed by atoms with Crippen LogP contribution in [0, 0.1) is 5.92 Å². The van der Waals surface area contributed by atoms with Gasteiger partial charge in [0.15, 0.2) is 0 Å². The molecule has 2 amide bonds. The second-order valence-corrected chi connectivity index (χ2v) is 16.2. The highest BCUT2D eigenvalue weighted by Gasteiger charge is 2.32. The van der Waals surface area contributed by atoms with E-state index >= 15 is 0 Å². The summed E-state index contributed by atoms with van der Waals surface area (Å²) in [5, 5.41) is 13.2. The van der Waals surface area contributed by atoms with E-state index in [9.17, 15) is 24.3 Å². The number of aromatic nitrogens is 2. The second kappa shape index (κ2) is 19.9. The SMILES string of the molecule is CCn1c(-c2cccnc2[C@H](C)OC)c(CC(C)(C)OC(=O)C[C@@H]2CCCN(C(=O)O)C2)c2cc(-c3cccc(C[C@H](NC(=O)OCc4ccccc4)C(=O)OC)c3)ccc21. The van der Waals surface area contributed by atoms with Crippen LogP contribution in [0.3, 0.4) is 0 Å². The minimum Gasteiger partial charge on any atom is -0.467 e. The number of nitrogens with zero attached hydrogens (tertiary/aromatic N) is 3. The smallest absolute Gasteiger partial charge is 0.408 e. The number of carbonyl (C=O) groups excluding carboxylic acids is 3. The third-order valence-electron chi connectivity index (χ3n) is 11.2. The van der Waals surface area contributed by atoms with Crippen molar-refractivity contribution in [1.29, 1.82) is 0 Å². The minimum atomic E-state index is -0.985. The van der Waals surface area contributed by atoms with Crippen LogP contribution in [0.4, 0.5) is 9.59 Å². The van der Waals surface area contributed by atoms with Crippen LogP contribution < -0.4 is 5.32 Å². The zero-order chi connectivity index (χ0) is 43.7. The van der Waals surface area contributed by atoms with Gasteiger partial charge in [0.2, 0.25) is 0 Å². The first-order valence-electron chi connectivity index (χ1n) is 20.8. The first kappa shape index (κ1) is 44.3. The van der Waals surface area contributed by atoms with Gasteiger partial charge < -0.3 is 38.8 Å². The highest BCUT2D eigenvalue weighted by atomic mass is 16.6. The molecule has 13 heteroatoms. The van der Waals surface area contributed by atoms with E-state index in [0.29, 0.717) is 32.5 Å². The van der Waals surface area contributed by atoms with E-state index in [1.807, 2.05) is 87.5 Å². The van der Waals surface area contributed by atoms with E-state index in [2.05, 4.69) is 35.0 Å². The minimum absolute atomic E-state index is 0.0586. The van der Waals surface area contributed by atoms with E-state index in [1.54, 1.807) is 13.3 Å². The summed E-state index contributed by atoms with van der Waals surface area (Å²) in [5.41, 5.74) is 7.12. The molecule has 0 saturated carbocycles. The number of esters is 2. The van der Waals surface area contributed by atoms with Crippen LogP contribution in [0.1, 0.15) is 75.4 Å². The largest absolute Gasteiger partial charge is 0.467 e. The fourth-order valence-electron chi connectivity index (χ4n) is 8.28. The quantitative estimate of drug-likeness (QED) is 0.0728. The summed E-state index contributed by atoms with van der Waals surface area (Å²) in [6, 6.07) is 26.4. The first-order valence-corrected chi connectivity index (χ1v) is 20.8. The number of likely N-dealkylation sites (tertiary alicyclic amines) is 1. The fourth-order valence-corrected chi connectivity index (χ4v) is 8.28. The normalized spacial score (nSPS) is 15.2. The number of hydrogen-bond acceptors (Lipinski definition) is 9. The molecule has 322 valence electrons. The van der Waals surface area contributed by atoms with Gasteiger partial charge in [-0.15, -0.1) is 0 Å². The van der Waals surface area contributed by atoms with Gasteiger partial charge in [-0.2, -0.15) is 0 Å². The van der Waals surface area contributed by atoms with Crippen LogP contribution in [-0.4, -0.2) is 82.6 Å². The molecule has 2 N–H and O–H groups in total. The molecular weight excluding hydrogens is 777 g/mol. The fraction of sp³-hybridized carbons (Fsp3) is 0.396. The lowest BCUT2D eigenvalue weighted by atomic mass is 9.91. The van der Waals surface area contributed by atoms with Crippen molar-refractivity contribution in [3.8, 4) is 22.4 Å². The van der Waals surface area contributed by atoms with E-state index in [-0.39, 0.29) is 37.4 Å². The number of hydrogen-bond donors (Lipinski definition) is 2. The van der Waals surface area contributed by atoms with Crippen molar-refractivity contribution in [2.75, 3.05) is 27.3 Å². The topological polar surface area (TPSA) is 159 Å². The molecule has 3 heterocycles. The summed E-state index contributed by atoms with van der Waals surface area (Å²) in [5.74, 6) is -1.06. The van der Waals surface area contributed by atoms with Gasteiger partial charge in [-0.3, -0.25) is 9.78 Å². The number of piperidine rings is 1. The lowest BCUT2D eigenvalue weighted by Crippen LogP contribution is -2.43. The third kappa shape index (κ3) is 10.9. The van der Waals surface area contributed by atoms with Crippen molar-refractivity contribution in [2.24, 2.45) is 5.92 Å². The first-order chi connectivity index (χ1) is 29.3. The number of ether oxygens (including phenoxy) is 4. The molecule has 6 rings (SSSR count). The van der Waals surface area contributed by atoms with Gasteiger partial charge in [0, 0.05) is 62.2 Å². The van der Waals surface area contributed by atoms with Crippen LogP contribution in [-0.2, 0) is 54.5 Å². The summed E-state index contributed by atoms with van der Waals surface area (Å²) in [4.78, 5) is 57.0. The number of alkyl carbamates (subject to hydrolysis) is 1. The molecule has 0 bridgehead atoms. The third-order valence-corrected chi connectivity index (χ3v) is 11.2. The molecule has 0 spiro atoms. The molecule has 13 nitrogen and oxygen atoms in total. The Morgan fingerprint density at radius 1 is 0.951 bits per heavy atom. The average Bonchev–Trinajstić information content (AvgIpc) is 3.56. The number of fused-ring (bicyclic) bond motifs is 1. The van der Waals surface area contributed by atoms with Gasteiger partial charge in [0.05, 0.1) is 31.0 Å². The Morgan fingerprint density at radius 3 is 2.43 bits per heavy atom. The van der Waals surface area contributed by atoms with Gasteiger partial charge in [0.1, 0.15) is 18.2 Å². The number of methoxy groups -OCH3 is 2. The Balaban J connectivity index is 1.33. The molecule has 0 aliphatic carbocycles. The Hall–Kier alpha value is -6.21. The van der Waals surface area contributed by atoms with Gasteiger partial charge >= 0.3 is 24.1 Å². The zero-order valence-corrected chi connectivity index (χ0v) is 35.8. The predicted molar refractivity (Wildman–Crippen MR) is 232 cm³/mol. The Bertz CT molecular complexity index is 2340. The van der Waals surface area contributed by atoms with Crippen LogP contribution in [0.25, 0.3) is 33.3 Å². The molecular formula is C48H56N4O9. The van der Waals surface area contributed by atoms with Crippen molar-refractivity contribution in [3.63, 3.8) is 0 Å². The van der Waals surface area contributed by atoms with Crippen molar-refractivity contribution in [1.82, 2.24) is 19.8 Å². The molecule has 1 fully saturated rings. The van der Waals surface area contributed by atoms with E-state index in [1.165, 1.54) is 12.0 Å². The van der Waals surface area contributed by atoms with E-state index in [4.69, 9.17) is 23.9 Å². The number of carboxylic acid groups (broad SMARTS) is 1. The zero-order valence-electron chi connectivity index (χ0n) is 35.8. The van der Waals surface area contributed by atoms with Crippen LogP contribution >= 0.6 is 0 Å². The highest BCUT2D eigenvalue weighted by molar-refractivity contribution is 5.95. The summed E-state index contributed by atoms with van der Waals surface area (Å²) < 4.78 is 24.7. The van der Waals surface area contributed by atoms with Crippen LogP contribution in [0.2, 0.25) is 0 Å². The molecule has 3 aromatic carbocycles. The molecule has 1 saturated heterocycles. The average molecular weight is 833 g/mol. The molecule has 0 radical (unpaired) electrons. The highest BCUT2D eigenvalue weighted by Crippen LogP contribution is 2.41. The Morgan fingerprint density at radius 2 is 1.70 bits per heavy atom. The standard InChI is InChI=1S/C48H56N4O9/c1-7-52-41-21-20-36(35-18-11-16-33(24-35)25-40(45(54)59-6)50-46(55)60-30-32-14-9-8-10-15-32)27-38(41)39(44(52)37-19-12-22-49-43(37)31(2)58-5)28-48(3,4)61-42(53)26-34-17-13-23-51(29-34)47(56)57/h8-12,14-16,18-22,24,27,31,34,40H,7,13,17,23,25-26,28-30H2,1-6H3,(H,50,55)(H,56,57)/t31-,34-,40-/m0/s1. The number of aryl methyl sites for hydroxylation is 1. The van der Waals surface area contributed by atoms with Gasteiger partial charge in [0.25, 0.3) is 0 Å². The lowest BCUT2D eigenvalue weighted by molar-refractivity contribution is -0.157. The molecule has 0 unspecified atom stereocenters. The monoisotopic (exact) mass is 832 g/mol. The number of nitrogens with one attached hydrogen (secondary N) is 1. The molecule has 3 atom stereocenters. The molecule has 5 aromatic rings. The number of amides is 2.